The molecule has 0 bridgehead atoms. The first kappa shape index (κ1) is 20.2. The molecule has 1 heterocycles. The van der Waals surface area contributed by atoms with E-state index in [1.807, 2.05) is 6.08 Å². The van der Waals surface area contributed by atoms with Crippen molar-refractivity contribution in [3.8, 4) is 0 Å². The molecule has 1 saturated heterocycles. The Bertz CT molecular complexity index is 750. The van der Waals surface area contributed by atoms with E-state index in [1.165, 1.54) is 24.3 Å². The second-order valence-corrected chi connectivity index (χ2v) is 7.44. The monoisotopic (exact) mass is 382 g/mol. The van der Waals surface area contributed by atoms with Crippen LogP contribution in [0.15, 0.2) is 46.0 Å². The van der Waals surface area contributed by atoms with Gasteiger partial charge < -0.3 is 9.47 Å². The van der Waals surface area contributed by atoms with Gasteiger partial charge in [-0.3, -0.25) is 4.79 Å². The van der Waals surface area contributed by atoms with Crippen LogP contribution in [0.3, 0.4) is 0 Å². The molecule has 0 aromatic heterocycles. The maximum atomic E-state index is 12.5. The fourth-order valence-electron chi connectivity index (χ4n) is 2.50. The van der Waals surface area contributed by atoms with Crippen molar-refractivity contribution < 1.29 is 22.7 Å². The number of nitrogens with zero attached hydrogens (tertiary/aromatic N) is 1. The maximum Gasteiger partial charge on any atom is 0.324 e. The van der Waals surface area contributed by atoms with Crippen LogP contribution in [-0.4, -0.2) is 40.2 Å². The molecule has 0 saturated carbocycles. The van der Waals surface area contributed by atoms with E-state index < -0.39 is 22.0 Å². The van der Waals surface area contributed by atoms with Crippen molar-refractivity contribution in [1.29, 1.82) is 0 Å². The van der Waals surface area contributed by atoms with E-state index in [0.717, 1.165) is 18.4 Å². The average molecular weight is 382 g/mol. The number of hydrogen-bond donors (Lipinski definition) is 1. The summed E-state index contributed by atoms with van der Waals surface area (Å²) in [4.78, 5) is 22.6. The molecule has 142 valence electrons. The van der Waals surface area contributed by atoms with Gasteiger partial charge in [0.25, 0.3) is 0 Å². The summed E-state index contributed by atoms with van der Waals surface area (Å²) in [6, 6.07) is 4.09. The molecule has 0 amide bonds. The smallest absolute Gasteiger partial charge is 0.324 e. The molecule has 1 unspecified atom stereocenters. The third kappa shape index (κ3) is 5.72. The minimum Gasteiger partial charge on any atom is -0.465 e. The van der Waals surface area contributed by atoms with Crippen LogP contribution in [0.1, 0.15) is 26.2 Å². The van der Waals surface area contributed by atoms with Gasteiger partial charge in [0.1, 0.15) is 11.7 Å². The Kier molecular flexibility index (Phi) is 7.43. The lowest BCUT2D eigenvalue weighted by Crippen LogP contribution is -2.41. The van der Waals surface area contributed by atoms with Gasteiger partial charge in [-0.2, -0.15) is 4.72 Å². The molecule has 0 spiro atoms. The molecule has 2 rings (SSSR count). The van der Waals surface area contributed by atoms with E-state index in [0.29, 0.717) is 13.2 Å². The number of nitroso groups, excluding NO2 is 1. The van der Waals surface area contributed by atoms with Crippen LogP contribution in [0.25, 0.3) is 0 Å². The number of ether oxygens (including phenoxy) is 2. The Morgan fingerprint density at radius 2 is 1.96 bits per heavy atom. The number of hydrogen-bond acceptors (Lipinski definition) is 7. The van der Waals surface area contributed by atoms with Crippen molar-refractivity contribution in [2.45, 2.75) is 37.1 Å². The molecule has 1 aliphatic rings. The van der Waals surface area contributed by atoms with E-state index in [4.69, 9.17) is 9.47 Å². The normalized spacial score (nSPS) is 16.0. The highest BCUT2D eigenvalue weighted by Gasteiger charge is 2.26. The Balaban J connectivity index is 2.15. The number of esters is 1. The van der Waals surface area contributed by atoms with Crippen LogP contribution in [0.2, 0.25) is 0 Å². The SMILES string of the molecule is CCOC(=O)C(CC=C1CCOCC1)NS(=O)(=O)c1ccc(N=O)cc1. The van der Waals surface area contributed by atoms with Gasteiger partial charge in [-0.15, -0.1) is 4.91 Å². The number of benzene rings is 1. The van der Waals surface area contributed by atoms with Crippen molar-refractivity contribution >= 4 is 21.7 Å². The minimum atomic E-state index is -3.95. The Hall–Kier alpha value is -2.10. The number of sulfonamides is 1. The molecular formula is C17H22N2O6S. The lowest BCUT2D eigenvalue weighted by atomic mass is 10.0. The van der Waals surface area contributed by atoms with Crippen LogP contribution in [0, 0.1) is 4.91 Å². The summed E-state index contributed by atoms with van der Waals surface area (Å²) in [6.07, 6.45) is 3.60. The second-order valence-electron chi connectivity index (χ2n) is 5.72. The van der Waals surface area contributed by atoms with E-state index >= 15 is 0 Å². The largest absolute Gasteiger partial charge is 0.465 e. The lowest BCUT2D eigenvalue weighted by molar-refractivity contribution is -0.145. The standard InChI is InChI=1S/C17H22N2O6S/c1-2-25-17(20)16(8-3-13-9-11-24-12-10-13)19-26(22,23)15-6-4-14(18-21)5-7-15/h3-7,16,19H,2,8-12H2,1H3. The number of carbonyl (C=O) groups excluding carboxylic acids is 1. The van der Waals surface area contributed by atoms with Crippen molar-refractivity contribution in [3.63, 3.8) is 0 Å². The van der Waals surface area contributed by atoms with Crippen molar-refractivity contribution in [1.82, 2.24) is 4.72 Å². The molecule has 0 radical (unpaired) electrons. The molecule has 1 fully saturated rings. The highest BCUT2D eigenvalue weighted by molar-refractivity contribution is 7.89. The van der Waals surface area contributed by atoms with E-state index in [-0.39, 0.29) is 23.6 Å². The van der Waals surface area contributed by atoms with Crippen LogP contribution >= 0.6 is 0 Å². The Morgan fingerprint density at radius 1 is 1.31 bits per heavy atom. The van der Waals surface area contributed by atoms with Gasteiger partial charge in [-0.25, -0.2) is 8.42 Å². The van der Waals surface area contributed by atoms with Crippen molar-refractivity contribution in [2.24, 2.45) is 5.18 Å². The highest BCUT2D eigenvalue weighted by Crippen LogP contribution is 2.18. The predicted molar refractivity (Wildman–Crippen MR) is 95.4 cm³/mol. The fraction of sp³-hybridized carbons (Fsp3) is 0.471. The van der Waals surface area contributed by atoms with E-state index in [9.17, 15) is 18.1 Å². The molecule has 26 heavy (non-hydrogen) atoms. The molecule has 1 N–H and O–H groups in total. The van der Waals surface area contributed by atoms with Gasteiger partial charge >= 0.3 is 5.97 Å². The minimum absolute atomic E-state index is 0.0575. The Labute approximate surface area is 152 Å². The van der Waals surface area contributed by atoms with Gasteiger partial charge in [0, 0.05) is 0 Å². The second kappa shape index (κ2) is 9.56. The predicted octanol–water partition coefficient (Wildman–Crippen LogP) is 2.42. The first-order chi connectivity index (χ1) is 12.5. The summed E-state index contributed by atoms with van der Waals surface area (Å²) < 4.78 is 37.7. The van der Waals surface area contributed by atoms with Crippen molar-refractivity contribution in [2.75, 3.05) is 19.8 Å². The molecule has 9 heteroatoms. The van der Waals surface area contributed by atoms with E-state index in [2.05, 4.69) is 9.90 Å². The molecule has 1 aromatic carbocycles. The zero-order chi connectivity index (χ0) is 19.0. The zero-order valence-electron chi connectivity index (χ0n) is 14.5. The van der Waals surface area contributed by atoms with Gasteiger partial charge in [0.15, 0.2) is 0 Å². The van der Waals surface area contributed by atoms with Crippen LogP contribution in [-0.2, 0) is 24.3 Å². The van der Waals surface area contributed by atoms with Crippen LogP contribution < -0.4 is 4.72 Å². The maximum absolute atomic E-state index is 12.5. The highest BCUT2D eigenvalue weighted by atomic mass is 32.2. The summed E-state index contributed by atoms with van der Waals surface area (Å²) in [5.74, 6) is -0.633. The third-order valence-corrected chi connectivity index (χ3v) is 5.39. The Morgan fingerprint density at radius 3 is 2.54 bits per heavy atom. The topological polar surface area (TPSA) is 111 Å². The molecular weight excluding hydrogens is 360 g/mol. The summed E-state index contributed by atoms with van der Waals surface area (Å²) in [6.45, 7) is 3.06. The van der Waals surface area contributed by atoms with Gasteiger partial charge in [0.05, 0.1) is 24.7 Å². The van der Waals surface area contributed by atoms with Gasteiger partial charge in [-0.1, -0.05) is 11.6 Å². The lowest BCUT2D eigenvalue weighted by Gasteiger charge is -2.18. The van der Waals surface area contributed by atoms with Gasteiger partial charge in [-0.05, 0) is 55.6 Å². The van der Waals surface area contributed by atoms with E-state index in [1.54, 1.807) is 6.92 Å². The zero-order valence-corrected chi connectivity index (χ0v) is 15.3. The number of nitrogens with one attached hydrogen (secondary N) is 1. The van der Waals surface area contributed by atoms with Crippen LogP contribution in [0.5, 0.6) is 0 Å². The summed E-state index contributed by atoms with van der Waals surface area (Å²) in [5.41, 5.74) is 1.25. The molecule has 8 nitrogen and oxygen atoms in total. The number of carbonyl (C=O) groups is 1. The fourth-order valence-corrected chi connectivity index (χ4v) is 3.70. The average Bonchev–Trinajstić information content (AvgIpc) is 2.66. The van der Waals surface area contributed by atoms with Crippen LogP contribution in [0.4, 0.5) is 5.69 Å². The molecule has 1 aromatic rings. The van der Waals surface area contributed by atoms with Gasteiger partial charge in [0.2, 0.25) is 10.0 Å². The first-order valence-corrected chi connectivity index (χ1v) is 9.82. The molecule has 1 aliphatic heterocycles. The van der Waals surface area contributed by atoms with Crippen molar-refractivity contribution in [3.05, 3.63) is 40.8 Å². The molecule has 1 atom stereocenters. The first-order valence-electron chi connectivity index (χ1n) is 8.34. The summed E-state index contributed by atoms with van der Waals surface area (Å²) in [7, 11) is -3.95. The quantitative estimate of drug-likeness (QED) is 0.420. The summed E-state index contributed by atoms with van der Waals surface area (Å²) >= 11 is 0. The third-order valence-electron chi connectivity index (χ3n) is 3.90. The summed E-state index contributed by atoms with van der Waals surface area (Å²) in [5, 5.41) is 2.73. The molecule has 0 aliphatic carbocycles. The number of rotatable bonds is 8.